The molecule has 0 aromatic heterocycles. The van der Waals surface area contributed by atoms with E-state index in [1.165, 1.54) is 12.1 Å². The summed E-state index contributed by atoms with van der Waals surface area (Å²) in [5.74, 6) is -3.72. The lowest BCUT2D eigenvalue weighted by molar-refractivity contribution is -0.137. The zero-order chi connectivity index (χ0) is 15.9. The molecule has 0 spiro atoms. The van der Waals surface area contributed by atoms with Crippen LogP contribution in [0.1, 0.15) is 38.7 Å². The molecule has 0 atom stereocenters. The van der Waals surface area contributed by atoms with E-state index in [4.69, 9.17) is 5.11 Å². The molecule has 0 heterocycles. The van der Waals surface area contributed by atoms with Crippen LogP contribution in [0.3, 0.4) is 0 Å². The number of carboxylic acid groups (broad SMARTS) is 1. The molecule has 1 rings (SSSR count). The van der Waals surface area contributed by atoms with Crippen molar-refractivity contribution >= 4 is 5.97 Å². The molecule has 1 aromatic carbocycles. The number of aliphatic carboxylic acids is 1. The molecule has 21 heavy (non-hydrogen) atoms. The first-order valence-corrected chi connectivity index (χ1v) is 7.09. The molecule has 0 bridgehead atoms. The van der Waals surface area contributed by atoms with Crippen LogP contribution in [0.25, 0.3) is 0 Å². The summed E-state index contributed by atoms with van der Waals surface area (Å²) in [5, 5.41) is 11.4. The predicted molar refractivity (Wildman–Crippen MR) is 78.5 cm³/mol. The number of hydrogen-bond acceptors (Lipinski definition) is 2. The van der Waals surface area contributed by atoms with Crippen LogP contribution < -0.4 is 5.32 Å². The molecule has 1 aromatic rings. The van der Waals surface area contributed by atoms with Crippen LogP contribution in [0.5, 0.6) is 0 Å². The van der Waals surface area contributed by atoms with Gasteiger partial charge in [-0.25, -0.2) is 0 Å². The van der Waals surface area contributed by atoms with Crippen molar-refractivity contribution in [3.63, 3.8) is 0 Å². The minimum atomic E-state index is -2.90. The fourth-order valence-corrected chi connectivity index (χ4v) is 2.03. The maximum Gasteiger partial charge on any atom is 0.303 e. The molecular formula is C16H23F2NO2. The third kappa shape index (κ3) is 6.67. The summed E-state index contributed by atoms with van der Waals surface area (Å²) in [6, 6.07) is 7.73. The lowest BCUT2D eigenvalue weighted by Gasteiger charge is -2.25. The summed E-state index contributed by atoms with van der Waals surface area (Å²) >= 11 is 0. The lowest BCUT2D eigenvalue weighted by Crippen LogP contribution is -2.33. The fraction of sp³-hybridized carbons (Fsp3) is 0.562. The highest BCUT2D eigenvalue weighted by molar-refractivity contribution is 5.66. The highest BCUT2D eigenvalue weighted by atomic mass is 19.3. The van der Waals surface area contributed by atoms with Gasteiger partial charge >= 0.3 is 5.97 Å². The van der Waals surface area contributed by atoms with E-state index in [1.54, 1.807) is 18.2 Å². The Labute approximate surface area is 124 Å². The van der Waals surface area contributed by atoms with Crippen molar-refractivity contribution in [1.82, 2.24) is 5.32 Å². The van der Waals surface area contributed by atoms with Crippen molar-refractivity contribution < 1.29 is 18.7 Å². The largest absolute Gasteiger partial charge is 0.481 e. The molecule has 0 aliphatic carbocycles. The summed E-state index contributed by atoms with van der Waals surface area (Å²) in [4.78, 5) is 10.5. The van der Waals surface area contributed by atoms with Crippen LogP contribution in [-0.2, 0) is 10.7 Å². The molecule has 5 heteroatoms. The molecule has 0 unspecified atom stereocenters. The smallest absolute Gasteiger partial charge is 0.303 e. The Morgan fingerprint density at radius 2 is 1.81 bits per heavy atom. The number of carboxylic acids is 1. The summed E-state index contributed by atoms with van der Waals surface area (Å²) in [6.07, 6.45) is 1.30. The van der Waals surface area contributed by atoms with Crippen molar-refractivity contribution in [3.05, 3.63) is 35.9 Å². The number of benzene rings is 1. The quantitative estimate of drug-likeness (QED) is 0.684. The van der Waals surface area contributed by atoms with Gasteiger partial charge < -0.3 is 10.4 Å². The Bertz CT molecular complexity index is 447. The van der Waals surface area contributed by atoms with Gasteiger partial charge in [0, 0.05) is 12.0 Å². The first kappa shape index (κ1) is 17.6. The van der Waals surface area contributed by atoms with Crippen molar-refractivity contribution in [3.8, 4) is 0 Å². The topological polar surface area (TPSA) is 49.3 Å². The van der Waals surface area contributed by atoms with E-state index in [0.29, 0.717) is 19.4 Å². The minimum absolute atomic E-state index is 0.00244. The maximum atomic E-state index is 13.9. The van der Waals surface area contributed by atoms with Gasteiger partial charge in [0.25, 0.3) is 5.92 Å². The number of carbonyl (C=O) groups is 1. The van der Waals surface area contributed by atoms with Crippen LogP contribution in [0.4, 0.5) is 8.78 Å². The van der Waals surface area contributed by atoms with Crippen molar-refractivity contribution in [1.29, 1.82) is 0 Å². The van der Waals surface area contributed by atoms with Gasteiger partial charge in [-0.05, 0) is 24.8 Å². The fourth-order valence-electron chi connectivity index (χ4n) is 2.03. The van der Waals surface area contributed by atoms with E-state index >= 15 is 0 Å². The first-order valence-electron chi connectivity index (χ1n) is 7.09. The maximum absolute atomic E-state index is 13.9. The van der Waals surface area contributed by atoms with E-state index in [2.05, 4.69) is 5.32 Å². The van der Waals surface area contributed by atoms with Gasteiger partial charge in [0.05, 0.1) is 6.54 Å². The molecular weight excluding hydrogens is 276 g/mol. The Morgan fingerprint density at radius 3 is 2.38 bits per heavy atom. The molecule has 0 saturated heterocycles. The number of alkyl halides is 2. The highest BCUT2D eigenvalue weighted by Gasteiger charge is 2.30. The Kier molecular flexibility index (Phi) is 6.27. The van der Waals surface area contributed by atoms with Crippen LogP contribution in [-0.4, -0.2) is 24.2 Å². The Morgan fingerprint density at radius 1 is 1.19 bits per heavy atom. The third-order valence-corrected chi connectivity index (χ3v) is 3.54. The summed E-state index contributed by atoms with van der Waals surface area (Å²) in [7, 11) is 0. The first-order chi connectivity index (χ1) is 9.73. The van der Waals surface area contributed by atoms with Crippen LogP contribution in [0.15, 0.2) is 30.3 Å². The van der Waals surface area contributed by atoms with Crippen molar-refractivity contribution in [2.24, 2.45) is 5.41 Å². The van der Waals surface area contributed by atoms with E-state index in [1.807, 2.05) is 13.8 Å². The molecule has 0 radical (unpaired) electrons. The van der Waals surface area contributed by atoms with Gasteiger partial charge in [0.2, 0.25) is 0 Å². The number of hydrogen-bond donors (Lipinski definition) is 2. The number of nitrogens with one attached hydrogen (secondary N) is 1. The predicted octanol–water partition coefficient (Wildman–Crippen LogP) is 3.65. The van der Waals surface area contributed by atoms with Gasteiger partial charge in [-0.2, -0.15) is 8.78 Å². The summed E-state index contributed by atoms with van der Waals surface area (Å²) in [6.45, 7) is 3.93. The average molecular weight is 299 g/mol. The summed E-state index contributed by atoms with van der Waals surface area (Å²) in [5.41, 5.74) is -0.171. The van der Waals surface area contributed by atoms with Crippen LogP contribution in [0.2, 0.25) is 0 Å². The normalized spacial score (nSPS) is 12.4. The second kappa shape index (κ2) is 7.50. The Hall–Kier alpha value is -1.49. The minimum Gasteiger partial charge on any atom is -0.481 e. The second-order valence-corrected chi connectivity index (χ2v) is 6.06. The Balaban J connectivity index is 2.35. The van der Waals surface area contributed by atoms with Gasteiger partial charge in [-0.3, -0.25) is 4.79 Å². The number of rotatable bonds is 9. The van der Waals surface area contributed by atoms with E-state index in [0.717, 1.165) is 0 Å². The standard InChI is InChI=1S/C16H23F2NO2/c1-15(2,9-8-14(20)21)10-11-19-12-16(17,18)13-6-4-3-5-7-13/h3-7,19H,8-12H2,1-2H3,(H,20,21). The number of halogens is 2. The monoisotopic (exact) mass is 299 g/mol. The van der Waals surface area contributed by atoms with Crippen LogP contribution >= 0.6 is 0 Å². The molecule has 0 saturated carbocycles. The lowest BCUT2D eigenvalue weighted by atomic mass is 9.84. The van der Waals surface area contributed by atoms with Gasteiger partial charge in [-0.1, -0.05) is 44.2 Å². The van der Waals surface area contributed by atoms with Crippen molar-refractivity contribution in [2.75, 3.05) is 13.1 Å². The van der Waals surface area contributed by atoms with Gasteiger partial charge in [-0.15, -0.1) is 0 Å². The van der Waals surface area contributed by atoms with Gasteiger partial charge in [0.1, 0.15) is 0 Å². The molecule has 118 valence electrons. The van der Waals surface area contributed by atoms with E-state index < -0.39 is 18.4 Å². The molecule has 2 N–H and O–H groups in total. The molecule has 0 aliphatic rings. The SMILES string of the molecule is CC(C)(CCNCC(F)(F)c1ccccc1)CCC(=O)O. The summed E-state index contributed by atoms with van der Waals surface area (Å²) < 4.78 is 27.8. The third-order valence-electron chi connectivity index (χ3n) is 3.54. The zero-order valence-electron chi connectivity index (χ0n) is 12.5. The van der Waals surface area contributed by atoms with Gasteiger partial charge in [0.15, 0.2) is 0 Å². The molecule has 0 amide bonds. The molecule has 0 fully saturated rings. The molecule has 3 nitrogen and oxygen atoms in total. The van der Waals surface area contributed by atoms with E-state index in [-0.39, 0.29) is 17.4 Å². The average Bonchev–Trinajstić information content (AvgIpc) is 2.43. The second-order valence-electron chi connectivity index (χ2n) is 6.06. The molecule has 0 aliphatic heterocycles. The van der Waals surface area contributed by atoms with Crippen molar-refractivity contribution in [2.45, 2.75) is 39.0 Å². The van der Waals surface area contributed by atoms with Crippen LogP contribution in [0, 0.1) is 5.41 Å². The highest BCUT2D eigenvalue weighted by Crippen LogP contribution is 2.28. The zero-order valence-corrected chi connectivity index (χ0v) is 12.5. The van der Waals surface area contributed by atoms with E-state index in [9.17, 15) is 13.6 Å².